The van der Waals surface area contributed by atoms with Crippen molar-refractivity contribution in [3.05, 3.63) is 23.4 Å². The lowest BCUT2D eigenvalue weighted by Gasteiger charge is -2.48. The predicted octanol–water partition coefficient (Wildman–Crippen LogP) is 5.06. The summed E-state index contributed by atoms with van der Waals surface area (Å²) in [6.07, 6.45) is 15.5. The Bertz CT molecular complexity index is 820. The highest BCUT2D eigenvalue weighted by Crippen LogP contribution is 2.50. The third-order valence-electron chi connectivity index (χ3n) is 7.71. The quantitative estimate of drug-likeness (QED) is 0.204. The van der Waals surface area contributed by atoms with E-state index in [1.807, 2.05) is 11.8 Å². The number of carbonyl (C=O) groups is 3. The number of nitrogens with zero attached hydrogens (tertiary/aromatic N) is 1. The molecule has 0 aromatic carbocycles. The van der Waals surface area contributed by atoms with Gasteiger partial charge in [-0.25, -0.2) is 0 Å². The Hall–Kier alpha value is -2.15. The van der Waals surface area contributed by atoms with Crippen molar-refractivity contribution in [2.75, 3.05) is 32.9 Å². The second kappa shape index (κ2) is 14.6. The SMILES string of the molecule is CCCCOCCCNC(=O)C[C@@H]1C[C@@]2(C(=O)OCC)CCCC=C2N(CCC2=CCCCC2)C1=O. The molecule has 1 aliphatic heterocycles. The van der Waals surface area contributed by atoms with Gasteiger partial charge in [-0.15, -0.1) is 0 Å². The number of fused-ring (bicyclic) bond motifs is 1. The summed E-state index contributed by atoms with van der Waals surface area (Å²) in [5.41, 5.74) is 1.38. The molecule has 0 bridgehead atoms. The summed E-state index contributed by atoms with van der Waals surface area (Å²) in [6, 6.07) is 0. The van der Waals surface area contributed by atoms with Crippen molar-refractivity contribution in [1.29, 1.82) is 0 Å². The molecule has 0 radical (unpaired) electrons. The molecular weight excluding hydrogens is 456 g/mol. The molecule has 2 amide bonds. The maximum atomic E-state index is 13.7. The summed E-state index contributed by atoms with van der Waals surface area (Å²) in [4.78, 5) is 41.7. The average Bonchev–Trinajstić information content (AvgIpc) is 2.89. The van der Waals surface area contributed by atoms with Gasteiger partial charge in [0.1, 0.15) is 5.41 Å². The van der Waals surface area contributed by atoms with Gasteiger partial charge in [0.25, 0.3) is 0 Å². The number of likely N-dealkylation sites (tertiary alicyclic amines) is 1. The highest BCUT2D eigenvalue weighted by atomic mass is 16.5. The van der Waals surface area contributed by atoms with E-state index in [1.165, 1.54) is 18.4 Å². The van der Waals surface area contributed by atoms with E-state index in [1.54, 1.807) is 0 Å². The number of nitrogens with one attached hydrogen (secondary N) is 1. The average molecular weight is 503 g/mol. The Kier molecular flexibility index (Phi) is 11.5. The van der Waals surface area contributed by atoms with Crippen molar-refractivity contribution in [1.82, 2.24) is 10.2 Å². The van der Waals surface area contributed by atoms with Crippen LogP contribution in [-0.2, 0) is 23.9 Å². The van der Waals surface area contributed by atoms with Crippen LogP contribution in [0.3, 0.4) is 0 Å². The Morgan fingerprint density at radius 3 is 2.67 bits per heavy atom. The normalized spacial score (nSPS) is 24.0. The summed E-state index contributed by atoms with van der Waals surface area (Å²) in [6.45, 7) is 6.70. The first-order valence-electron chi connectivity index (χ1n) is 14.2. The fourth-order valence-corrected chi connectivity index (χ4v) is 5.77. The first kappa shape index (κ1) is 28.4. The summed E-state index contributed by atoms with van der Waals surface area (Å²) >= 11 is 0. The van der Waals surface area contributed by atoms with Gasteiger partial charge in [0.05, 0.1) is 6.61 Å². The van der Waals surface area contributed by atoms with Crippen molar-refractivity contribution in [2.24, 2.45) is 11.3 Å². The molecule has 3 rings (SSSR count). The number of unbranched alkanes of at least 4 members (excludes halogenated alkanes) is 1. The van der Waals surface area contributed by atoms with E-state index in [-0.39, 0.29) is 24.2 Å². The van der Waals surface area contributed by atoms with Gasteiger partial charge >= 0.3 is 5.97 Å². The number of esters is 1. The van der Waals surface area contributed by atoms with E-state index in [0.29, 0.717) is 39.1 Å². The van der Waals surface area contributed by atoms with Crippen LogP contribution < -0.4 is 5.32 Å². The molecule has 202 valence electrons. The lowest BCUT2D eigenvalue weighted by molar-refractivity contribution is -0.162. The molecule has 0 aromatic heterocycles. The minimum Gasteiger partial charge on any atom is -0.465 e. The van der Waals surface area contributed by atoms with Crippen LogP contribution in [0.25, 0.3) is 0 Å². The predicted molar refractivity (Wildman–Crippen MR) is 140 cm³/mol. The molecule has 0 saturated carbocycles. The summed E-state index contributed by atoms with van der Waals surface area (Å²) in [7, 11) is 0. The van der Waals surface area contributed by atoms with Crippen molar-refractivity contribution in [3.63, 3.8) is 0 Å². The highest BCUT2D eigenvalue weighted by Gasteiger charge is 2.54. The van der Waals surface area contributed by atoms with E-state index in [2.05, 4.69) is 24.4 Å². The molecule has 0 unspecified atom stereocenters. The van der Waals surface area contributed by atoms with Gasteiger partial charge in [0.15, 0.2) is 0 Å². The van der Waals surface area contributed by atoms with E-state index >= 15 is 0 Å². The van der Waals surface area contributed by atoms with Gasteiger partial charge in [-0.05, 0) is 77.6 Å². The zero-order chi connectivity index (χ0) is 25.8. The third kappa shape index (κ3) is 7.44. The van der Waals surface area contributed by atoms with Gasteiger partial charge in [0.2, 0.25) is 11.8 Å². The molecule has 7 nitrogen and oxygen atoms in total. The third-order valence-corrected chi connectivity index (χ3v) is 7.71. The minimum absolute atomic E-state index is 0.0301. The lowest BCUT2D eigenvalue weighted by atomic mass is 9.66. The van der Waals surface area contributed by atoms with Gasteiger partial charge in [-0.2, -0.15) is 0 Å². The fraction of sp³-hybridized carbons (Fsp3) is 0.759. The summed E-state index contributed by atoms with van der Waals surface area (Å²) in [5.74, 6) is -0.942. The second-order valence-corrected chi connectivity index (χ2v) is 10.4. The van der Waals surface area contributed by atoms with Gasteiger partial charge in [0, 0.05) is 44.3 Å². The largest absolute Gasteiger partial charge is 0.465 e. The molecule has 0 aromatic rings. The fourth-order valence-electron chi connectivity index (χ4n) is 5.77. The molecule has 0 spiro atoms. The molecule has 1 saturated heterocycles. The van der Waals surface area contributed by atoms with Gasteiger partial charge < -0.3 is 19.7 Å². The van der Waals surface area contributed by atoms with E-state index in [4.69, 9.17) is 9.47 Å². The maximum Gasteiger partial charge on any atom is 0.318 e. The van der Waals surface area contributed by atoms with Crippen molar-refractivity contribution in [2.45, 2.75) is 97.3 Å². The maximum absolute atomic E-state index is 13.7. The Morgan fingerprint density at radius 2 is 1.92 bits per heavy atom. The topological polar surface area (TPSA) is 84.9 Å². The Labute approximate surface area is 217 Å². The molecule has 2 atom stereocenters. The van der Waals surface area contributed by atoms with Crippen LogP contribution in [-0.4, -0.2) is 55.6 Å². The minimum atomic E-state index is -0.832. The van der Waals surface area contributed by atoms with Crippen molar-refractivity contribution in [3.8, 4) is 0 Å². The number of hydrogen-bond donors (Lipinski definition) is 1. The van der Waals surface area contributed by atoms with Crippen LogP contribution >= 0.6 is 0 Å². The number of ether oxygens (including phenoxy) is 2. The molecule has 3 aliphatic rings. The zero-order valence-corrected chi connectivity index (χ0v) is 22.4. The van der Waals surface area contributed by atoms with Crippen molar-refractivity contribution >= 4 is 17.8 Å². The highest BCUT2D eigenvalue weighted by molar-refractivity contribution is 5.92. The van der Waals surface area contributed by atoms with Gasteiger partial charge in [-0.3, -0.25) is 14.4 Å². The Balaban J connectivity index is 1.69. The lowest BCUT2D eigenvalue weighted by Crippen LogP contribution is -2.54. The molecule has 1 fully saturated rings. The first-order chi connectivity index (χ1) is 17.5. The second-order valence-electron chi connectivity index (χ2n) is 10.4. The van der Waals surface area contributed by atoms with E-state index in [9.17, 15) is 14.4 Å². The number of allylic oxidation sites excluding steroid dienone is 2. The number of amides is 2. The molecule has 1 N–H and O–H groups in total. The Morgan fingerprint density at radius 1 is 1.11 bits per heavy atom. The number of carbonyl (C=O) groups excluding carboxylic acids is 3. The van der Waals surface area contributed by atoms with Crippen LogP contribution in [0.4, 0.5) is 0 Å². The van der Waals surface area contributed by atoms with Crippen LogP contribution in [0.2, 0.25) is 0 Å². The van der Waals surface area contributed by atoms with E-state index in [0.717, 1.165) is 63.7 Å². The molecule has 36 heavy (non-hydrogen) atoms. The van der Waals surface area contributed by atoms with Crippen LogP contribution in [0.5, 0.6) is 0 Å². The van der Waals surface area contributed by atoms with Crippen LogP contribution in [0, 0.1) is 11.3 Å². The molecule has 7 heteroatoms. The summed E-state index contributed by atoms with van der Waals surface area (Å²) < 4.78 is 11.1. The number of piperidine rings is 1. The van der Waals surface area contributed by atoms with Crippen LogP contribution in [0.1, 0.15) is 97.3 Å². The molecule has 1 heterocycles. The summed E-state index contributed by atoms with van der Waals surface area (Å²) in [5, 5.41) is 2.95. The number of hydrogen-bond acceptors (Lipinski definition) is 5. The number of rotatable bonds is 14. The standard InChI is InChI=1S/C29H46N2O5/c1-3-5-19-35-20-11-17-30-26(32)21-24-22-29(28(34)36-4-2)16-10-9-14-25(29)31(27(24)33)18-15-23-12-7-6-8-13-23/h12,14,24H,3-11,13,15-22H2,1-2H3,(H,30,32)/t24-,29+/m1/s1. The van der Waals surface area contributed by atoms with Crippen molar-refractivity contribution < 1.29 is 23.9 Å². The smallest absolute Gasteiger partial charge is 0.318 e. The van der Waals surface area contributed by atoms with Crippen LogP contribution in [0.15, 0.2) is 23.4 Å². The monoisotopic (exact) mass is 502 g/mol. The molecular formula is C29H46N2O5. The van der Waals surface area contributed by atoms with E-state index < -0.39 is 11.3 Å². The van der Waals surface area contributed by atoms with Gasteiger partial charge in [-0.1, -0.05) is 31.1 Å². The zero-order valence-electron chi connectivity index (χ0n) is 22.4. The first-order valence-corrected chi connectivity index (χ1v) is 14.2. The molecule has 2 aliphatic carbocycles.